The first kappa shape index (κ1) is 20.6. The lowest BCUT2D eigenvalue weighted by Crippen LogP contribution is -2.25. The van der Waals surface area contributed by atoms with Gasteiger partial charge in [0, 0.05) is 18.2 Å². The molecule has 1 aromatic heterocycles. The standard InChI is InChI=1S/C25H27NO3S/c1-25(13-3-2-4-14-25)20-15-19(10-11-21(20)27)22-16-26-23(30-22)12-7-17-5-8-18(9-6-17)24(28)29/h5-6,8-11,15-16,27H,2-4,7,12-14H2,1H3,(H,28,29). The van der Waals surface area contributed by atoms with Crippen molar-refractivity contribution in [2.75, 3.05) is 0 Å². The van der Waals surface area contributed by atoms with Crippen LogP contribution in [0.5, 0.6) is 5.75 Å². The van der Waals surface area contributed by atoms with Gasteiger partial charge in [0.05, 0.1) is 15.4 Å². The van der Waals surface area contributed by atoms with Crippen LogP contribution in [0.4, 0.5) is 0 Å². The van der Waals surface area contributed by atoms with E-state index >= 15 is 0 Å². The zero-order valence-electron chi connectivity index (χ0n) is 17.2. The fourth-order valence-electron chi connectivity index (χ4n) is 4.40. The SMILES string of the molecule is CC1(c2cc(-c3cnc(CCc4ccc(C(=O)O)cc4)s3)ccc2O)CCCCC1. The Morgan fingerprint density at radius 1 is 1.07 bits per heavy atom. The number of aromatic nitrogens is 1. The van der Waals surface area contributed by atoms with E-state index in [1.807, 2.05) is 30.5 Å². The van der Waals surface area contributed by atoms with Crippen molar-refractivity contribution in [1.82, 2.24) is 4.98 Å². The van der Waals surface area contributed by atoms with Gasteiger partial charge in [-0.15, -0.1) is 11.3 Å². The first-order chi connectivity index (χ1) is 14.4. The summed E-state index contributed by atoms with van der Waals surface area (Å²) in [5, 5.41) is 20.6. The smallest absolute Gasteiger partial charge is 0.335 e. The molecular weight excluding hydrogens is 394 g/mol. The molecule has 0 bridgehead atoms. The Morgan fingerprint density at radius 3 is 2.50 bits per heavy atom. The van der Waals surface area contributed by atoms with Crippen LogP contribution >= 0.6 is 11.3 Å². The van der Waals surface area contributed by atoms with Crippen LogP contribution < -0.4 is 0 Å². The summed E-state index contributed by atoms with van der Waals surface area (Å²) in [7, 11) is 0. The van der Waals surface area contributed by atoms with E-state index in [-0.39, 0.29) is 5.41 Å². The predicted molar refractivity (Wildman–Crippen MR) is 120 cm³/mol. The molecule has 1 heterocycles. The molecule has 156 valence electrons. The molecule has 1 fully saturated rings. The van der Waals surface area contributed by atoms with Gasteiger partial charge in [-0.2, -0.15) is 0 Å². The van der Waals surface area contributed by atoms with E-state index in [1.54, 1.807) is 23.5 Å². The maximum atomic E-state index is 11.0. The molecule has 1 aliphatic carbocycles. The van der Waals surface area contributed by atoms with Crippen molar-refractivity contribution >= 4 is 17.3 Å². The van der Waals surface area contributed by atoms with Crippen LogP contribution in [-0.2, 0) is 18.3 Å². The molecule has 4 nitrogen and oxygen atoms in total. The van der Waals surface area contributed by atoms with Crippen molar-refractivity contribution in [1.29, 1.82) is 0 Å². The Balaban J connectivity index is 1.48. The topological polar surface area (TPSA) is 70.4 Å². The normalized spacial score (nSPS) is 15.8. The monoisotopic (exact) mass is 421 g/mol. The fraction of sp³-hybridized carbons (Fsp3) is 0.360. The second kappa shape index (κ2) is 8.60. The average Bonchev–Trinajstić information content (AvgIpc) is 3.22. The lowest BCUT2D eigenvalue weighted by molar-refractivity contribution is 0.0697. The van der Waals surface area contributed by atoms with Gasteiger partial charge in [-0.3, -0.25) is 0 Å². The van der Waals surface area contributed by atoms with Crippen molar-refractivity contribution in [3.63, 3.8) is 0 Å². The zero-order valence-corrected chi connectivity index (χ0v) is 18.0. The summed E-state index contributed by atoms with van der Waals surface area (Å²) in [5.41, 5.74) is 3.64. The summed E-state index contributed by atoms with van der Waals surface area (Å²) in [6.45, 7) is 2.28. The van der Waals surface area contributed by atoms with Crippen molar-refractivity contribution in [3.05, 3.63) is 70.4 Å². The highest BCUT2D eigenvalue weighted by Gasteiger charge is 2.31. The number of aromatic carboxylic acids is 1. The number of hydrogen-bond donors (Lipinski definition) is 2. The minimum atomic E-state index is -0.901. The zero-order chi connectivity index (χ0) is 21.1. The van der Waals surface area contributed by atoms with Crippen LogP contribution in [-0.4, -0.2) is 21.2 Å². The number of nitrogens with zero attached hydrogens (tertiary/aromatic N) is 1. The number of rotatable bonds is 6. The largest absolute Gasteiger partial charge is 0.508 e. The summed E-state index contributed by atoms with van der Waals surface area (Å²) in [4.78, 5) is 16.7. The summed E-state index contributed by atoms with van der Waals surface area (Å²) < 4.78 is 0. The molecule has 1 saturated carbocycles. The third kappa shape index (κ3) is 4.41. The van der Waals surface area contributed by atoms with Crippen molar-refractivity contribution in [2.24, 2.45) is 0 Å². The van der Waals surface area contributed by atoms with E-state index in [4.69, 9.17) is 5.11 Å². The van der Waals surface area contributed by atoms with Gasteiger partial charge >= 0.3 is 5.97 Å². The highest BCUT2D eigenvalue weighted by atomic mass is 32.1. The van der Waals surface area contributed by atoms with Crippen LogP contribution in [0.15, 0.2) is 48.7 Å². The van der Waals surface area contributed by atoms with Gasteiger partial charge in [0.15, 0.2) is 0 Å². The Hall–Kier alpha value is -2.66. The summed E-state index contributed by atoms with van der Waals surface area (Å²) in [6, 6.07) is 13.0. The Kier molecular flexibility index (Phi) is 5.91. The van der Waals surface area contributed by atoms with Gasteiger partial charge in [0.2, 0.25) is 0 Å². The highest BCUT2D eigenvalue weighted by molar-refractivity contribution is 7.15. The number of phenolic OH excluding ortho intramolecular Hbond substituents is 1. The first-order valence-corrected chi connectivity index (χ1v) is 11.4. The van der Waals surface area contributed by atoms with Crippen molar-refractivity contribution in [2.45, 2.75) is 57.3 Å². The van der Waals surface area contributed by atoms with Crippen LogP contribution in [0, 0.1) is 0 Å². The maximum Gasteiger partial charge on any atom is 0.335 e. The first-order valence-electron chi connectivity index (χ1n) is 10.6. The van der Waals surface area contributed by atoms with Gasteiger partial charge < -0.3 is 10.2 Å². The van der Waals surface area contributed by atoms with Gasteiger partial charge in [0.25, 0.3) is 0 Å². The fourth-order valence-corrected chi connectivity index (χ4v) is 5.31. The quantitative estimate of drug-likeness (QED) is 0.496. The molecule has 5 heteroatoms. The number of hydrogen-bond acceptors (Lipinski definition) is 4. The number of benzene rings is 2. The summed E-state index contributed by atoms with van der Waals surface area (Å²) in [5.74, 6) is -0.501. The van der Waals surface area contributed by atoms with Gasteiger partial charge in [0.1, 0.15) is 5.75 Å². The molecule has 0 amide bonds. The molecule has 0 atom stereocenters. The molecule has 3 aromatic rings. The molecule has 4 rings (SSSR count). The molecule has 0 spiro atoms. The van der Waals surface area contributed by atoms with Crippen molar-refractivity contribution < 1.29 is 15.0 Å². The molecule has 2 aromatic carbocycles. The van der Waals surface area contributed by atoms with Crippen LogP contribution in [0.1, 0.15) is 65.5 Å². The summed E-state index contributed by atoms with van der Waals surface area (Å²) in [6.07, 6.45) is 9.54. The lowest BCUT2D eigenvalue weighted by atomic mass is 9.70. The molecule has 0 aliphatic heterocycles. The van der Waals surface area contributed by atoms with Crippen LogP contribution in [0.25, 0.3) is 10.4 Å². The van der Waals surface area contributed by atoms with Gasteiger partial charge in [-0.1, -0.05) is 38.3 Å². The molecule has 2 N–H and O–H groups in total. The molecule has 0 saturated heterocycles. The van der Waals surface area contributed by atoms with E-state index in [9.17, 15) is 9.90 Å². The number of carboxylic acids is 1. The third-order valence-electron chi connectivity index (χ3n) is 6.27. The predicted octanol–water partition coefficient (Wildman–Crippen LogP) is 6.22. The number of thiazole rings is 1. The number of carbonyl (C=O) groups is 1. The second-order valence-electron chi connectivity index (χ2n) is 8.47. The van der Waals surface area contributed by atoms with Crippen LogP contribution in [0.2, 0.25) is 0 Å². The Morgan fingerprint density at radius 2 is 1.80 bits per heavy atom. The molecular formula is C25H27NO3S. The maximum absolute atomic E-state index is 11.0. The van der Waals surface area contributed by atoms with E-state index in [1.165, 1.54) is 19.3 Å². The van der Waals surface area contributed by atoms with Gasteiger partial charge in [-0.25, -0.2) is 9.78 Å². The highest BCUT2D eigenvalue weighted by Crippen LogP contribution is 2.44. The molecule has 1 aliphatic rings. The average molecular weight is 422 g/mol. The second-order valence-corrected chi connectivity index (χ2v) is 9.59. The van der Waals surface area contributed by atoms with E-state index in [2.05, 4.69) is 18.0 Å². The Labute approximate surface area is 181 Å². The Bertz CT molecular complexity index is 1030. The molecule has 30 heavy (non-hydrogen) atoms. The lowest BCUT2D eigenvalue weighted by Gasteiger charge is -2.34. The molecule has 0 radical (unpaired) electrons. The van der Waals surface area contributed by atoms with E-state index < -0.39 is 5.97 Å². The third-order valence-corrected chi connectivity index (χ3v) is 7.38. The van der Waals surface area contributed by atoms with Gasteiger partial charge in [-0.05, 0) is 66.1 Å². The number of aryl methyl sites for hydroxylation is 2. The number of phenols is 1. The molecule has 0 unspecified atom stereocenters. The minimum absolute atomic E-state index is 0.0496. The number of aromatic hydroxyl groups is 1. The minimum Gasteiger partial charge on any atom is -0.508 e. The van der Waals surface area contributed by atoms with Crippen molar-refractivity contribution in [3.8, 4) is 16.2 Å². The van der Waals surface area contributed by atoms with E-state index in [0.717, 1.165) is 52.3 Å². The van der Waals surface area contributed by atoms with Crippen LogP contribution in [0.3, 0.4) is 0 Å². The summed E-state index contributed by atoms with van der Waals surface area (Å²) >= 11 is 1.69. The van der Waals surface area contributed by atoms with E-state index in [0.29, 0.717) is 11.3 Å². The number of carboxylic acid groups (broad SMARTS) is 1.